The molecule has 2 N–H and O–H groups in total. The van der Waals surface area contributed by atoms with E-state index in [9.17, 15) is 13.7 Å². The monoisotopic (exact) mass is 255 g/mol. The number of aliphatic imine (C=N–C) groups is 1. The van der Waals surface area contributed by atoms with Crippen LogP contribution < -0.4 is 5.73 Å². The first kappa shape index (κ1) is 12.4. The fourth-order valence-corrected chi connectivity index (χ4v) is 1.84. The van der Waals surface area contributed by atoms with Gasteiger partial charge in [0.2, 0.25) is 0 Å². The summed E-state index contributed by atoms with van der Waals surface area (Å²) in [7, 11) is 0. The Hall–Kier alpha value is -2.05. The van der Waals surface area contributed by atoms with E-state index < -0.39 is 17.5 Å². The summed E-state index contributed by atoms with van der Waals surface area (Å²) in [5.41, 5.74) is 3.79. The normalized spacial score (nSPS) is 27.3. The maximum atomic E-state index is 13.9. The second-order valence-corrected chi connectivity index (χ2v) is 4.13. The molecule has 1 aliphatic heterocycles. The average molecular weight is 255 g/mol. The molecule has 2 rings (SSSR count). The van der Waals surface area contributed by atoms with Gasteiger partial charge in [-0.3, -0.25) is 0 Å². The van der Waals surface area contributed by atoms with Gasteiger partial charge in [0.15, 0.2) is 6.17 Å². The van der Waals surface area contributed by atoms with Crippen molar-refractivity contribution in [2.24, 2.45) is 15.9 Å². The molecule has 0 saturated carbocycles. The Balaban J connectivity index is 2.58. The summed E-state index contributed by atoms with van der Waals surface area (Å²) in [5, 5.41) is 2.69. The summed E-state index contributed by atoms with van der Waals surface area (Å²) < 4.78 is 32.5. The Bertz CT molecular complexity index is 521. The van der Waals surface area contributed by atoms with E-state index in [-0.39, 0.29) is 23.9 Å². The Morgan fingerprint density at radius 2 is 2.33 bits per heavy atom. The Morgan fingerprint density at radius 1 is 1.61 bits per heavy atom. The molecule has 2 atom stereocenters. The van der Waals surface area contributed by atoms with Crippen LogP contribution in [0.2, 0.25) is 0 Å². The Morgan fingerprint density at radius 3 is 3.00 bits per heavy atom. The quantitative estimate of drug-likeness (QED) is 0.822. The van der Waals surface area contributed by atoms with Crippen LogP contribution in [0.15, 0.2) is 28.4 Å². The van der Waals surface area contributed by atoms with Gasteiger partial charge < -0.3 is 10.5 Å². The first-order valence-corrected chi connectivity index (χ1v) is 5.23. The lowest BCUT2D eigenvalue weighted by atomic mass is 9.87. The molecule has 0 spiro atoms. The molecule has 0 radical (unpaired) electrons. The molecule has 1 heterocycles. The highest BCUT2D eigenvalue weighted by atomic mass is 19.1. The molecule has 0 aliphatic carbocycles. The Kier molecular flexibility index (Phi) is 2.98. The lowest BCUT2D eigenvalue weighted by Gasteiger charge is -2.33. The van der Waals surface area contributed by atoms with Gasteiger partial charge in [-0.25, -0.2) is 13.8 Å². The average Bonchev–Trinajstić information content (AvgIpc) is 2.35. The summed E-state index contributed by atoms with van der Waals surface area (Å²) in [4.78, 5) is 14.3. The number of halogens is 2. The topological polar surface area (TPSA) is 77.0 Å². The summed E-state index contributed by atoms with van der Waals surface area (Å²) in [6.45, 7) is 1.07. The standard InChI is InChI=1S/C11H11F2N3O2/c1-11(9(13)5-18-10(14)15-11)7-4-6(16-17)2-3-8(7)12/h2-4,9H,5H2,1H3,(H2,14,15)/t9-,11+/m0/s1. The minimum absolute atomic E-state index is 0.0000817. The van der Waals surface area contributed by atoms with E-state index in [1.165, 1.54) is 13.0 Å². The third-order valence-electron chi connectivity index (χ3n) is 2.93. The molecule has 1 aromatic rings. The molecular weight excluding hydrogens is 244 g/mol. The van der Waals surface area contributed by atoms with E-state index in [1.807, 2.05) is 0 Å². The summed E-state index contributed by atoms with van der Waals surface area (Å²) in [6, 6.07) is 3.20. The molecule has 7 heteroatoms. The predicted octanol–water partition coefficient (Wildman–Crippen LogP) is 2.12. The van der Waals surface area contributed by atoms with Gasteiger partial charge in [0.05, 0.1) is 0 Å². The van der Waals surface area contributed by atoms with E-state index in [0.717, 1.165) is 12.1 Å². The number of rotatable bonds is 2. The van der Waals surface area contributed by atoms with E-state index in [2.05, 4.69) is 10.2 Å². The van der Waals surface area contributed by atoms with Crippen molar-refractivity contribution < 1.29 is 13.5 Å². The molecule has 0 saturated heterocycles. The lowest BCUT2D eigenvalue weighted by Crippen LogP contribution is -2.43. The van der Waals surface area contributed by atoms with Gasteiger partial charge in [-0.2, -0.15) is 0 Å². The molecule has 5 nitrogen and oxygen atoms in total. The van der Waals surface area contributed by atoms with Crippen LogP contribution in [0.1, 0.15) is 12.5 Å². The van der Waals surface area contributed by atoms with Crippen LogP contribution >= 0.6 is 0 Å². The molecule has 96 valence electrons. The smallest absolute Gasteiger partial charge is 0.283 e. The number of hydrogen-bond donors (Lipinski definition) is 1. The molecule has 0 unspecified atom stereocenters. The molecule has 18 heavy (non-hydrogen) atoms. The lowest BCUT2D eigenvalue weighted by molar-refractivity contribution is 0.0923. The van der Waals surface area contributed by atoms with Crippen molar-refractivity contribution in [3.05, 3.63) is 34.5 Å². The number of nitrogens with two attached hydrogens (primary N) is 1. The predicted molar refractivity (Wildman–Crippen MR) is 61.7 cm³/mol. The van der Waals surface area contributed by atoms with Crippen LogP contribution in [0.5, 0.6) is 0 Å². The summed E-state index contributed by atoms with van der Waals surface area (Å²) in [5.74, 6) is -0.675. The minimum Gasteiger partial charge on any atom is -0.462 e. The summed E-state index contributed by atoms with van der Waals surface area (Å²) in [6.07, 6.45) is -1.57. The van der Waals surface area contributed by atoms with Crippen LogP contribution in [-0.4, -0.2) is 18.8 Å². The Labute approximate surface area is 102 Å². The van der Waals surface area contributed by atoms with Crippen LogP contribution in [0, 0.1) is 10.7 Å². The first-order valence-electron chi connectivity index (χ1n) is 5.23. The van der Waals surface area contributed by atoms with Crippen LogP contribution in [-0.2, 0) is 10.3 Å². The largest absolute Gasteiger partial charge is 0.462 e. The fourth-order valence-electron chi connectivity index (χ4n) is 1.84. The second kappa shape index (κ2) is 4.32. The zero-order chi connectivity index (χ0) is 13.3. The highest BCUT2D eigenvalue weighted by molar-refractivity contribution is 5.73. The fraction of sp³-hybridized carbons (Fsp3) is 0.364. The molecule has 0 aromatic heterocycles. The zero-order valence-corrected chi connectivity index (χ0v) is 9.56. The van der Waals surface area contributed by atoms with Gasteiger partial charge in [0.25, 0.3) is 6.02 Å². The van der Waals surface area contributed by atoms with Crippen molar-refractivity contribution in [3.8, 4) is 0 Å². The highest BCUT2D eigenvalue weighted by Crippen LogP contribution is 2.37. The number of hydrogen-bond acceptors (Lipinski definition) is 5. The van der Waals surface area contributed by atoms with Gasteiger partial charge in [-0.05, 0) is 30.3 Å². The molecule has 1 aromatic carbocycles. The first-order chi connectivity index (χ1) is 8.47. The van der Waals surface area contributed by atoms with E-state index >= 15 is 0 Å². The van der Waals surface area contributed by atoms with Crippen LogP contribution in [0.4, 0.5) is 14.5 Å². The van der Waals surface area contributed by atoms with Gasteiger partial charge in [-0.15, -0.1) is 4.91 Å². The van der Waals surface area contributed by atoms with E-state index in [4.69, 9.17) is 10.5 Å². The van der Waals surface area contributed by atoms with Crippen LogP contribution in [0.25, 0.3) is 0 Å². The van der Waals surface area contributed by atoms with Crippen molar-refractivity contribution in [2.75, 3.05) is 6.61 Å². The van der Waals surface area contributed by atoms with Crippen molar-refractivity contribution in [3.63, 3.8) is 0 Å². The minimum atomic E-state index is -1.57. The maximum Gasteiger partial charge on any atom is 0.283 e. The number of nitrogens with zero attached hydrogens (tertiary/aromatic N) is 2. The van der Waals surface area contributed by atoms with Crippen molar-refractivity contribution in [1.29, 1.82) is 0 Å². The zero-order valence-electron chi connectivity index (χ0n) is 9.56. The maximum absolute atomic E-state index is 13.9. The van der Waals surface area contributed by atoms with E-state index in [0.29, 0.717) is 0 Å². The third-order valence-corrected chi connectivity index (χ3v) is 2.93. The van der Waals surface area contributed by atoms with Crippen molar-refractivity contribution in [2.45, 2.75) is 18.6 Å². The van der Waals surface area contributed by atoms with Gasteiger partial charge in [0, 0.05) is 5.56 Å². The number of ether oxygens (including phenoxy) is 1. The van der Waals surface area contributed by atoms with Gasteiger partial charge in [-0.1, -0.05) is 0 Å². The van der Waals surface area contributed by atoms with Gasteiger partial charge in [0.1, 0.15) is 23.7 Å². The molecule has 0 bridgehead atoms. The molecule has 0 amide bonds. The van der Waals surface area contributed by atoms with Crippen molar-refractivity contribution in [1.82, 2.24) is 0 Å². The number of amidine groups is 1. The third kappa shape index (κ3) is 1.92. The van der Waals surface area contributed by atoms with E-state index in [1.54, 1.807) is 0 Å². The number of alkyl halides is 1. The van der Waals surface area contributed by atoms with Gasteiger partial charge >= 0.3 is 0 Å². The number of benzene rings is 1. The number of nitroso groups, excluding NO2 is 1. The van der Waals surface area contributed by atoms with Crippen molar-refractivity contribution >= 4 is 11.7 Å². The highest BCUT2D eigenvalue weighted by Gasteiger charge is 2.42. The second-order valence-electron chi connectivity index (χ2n) is 4.13. The molecular formula is C11H11F2N3O2. The SMILES string of the molecule is C[C@]1(c2cc(N=O)ccc2F)N=C(N)OC[C@@H]1F. The molecule has 1 aliphatic rings. The molecule has 0 fully saturated rings. The summed E-state index contributed by atoms with van der Waals surface area (Å²) >= 11 is 0. The van der Waals surface area contributed by atoms with Crippen LogP contribution in [0.3, 0.4) is 0 Å².